The smallest absolute Gasteiger partial charge is 0.306 e. The molecule has 0 saturated heterocycles. The molecule has 57 heavy (non-hydrogen) atoms. The molecule has 0 aromatic heterocycles. The molecule has 0 aromatic rings. The van der Waals surface area contributed by atoms with Gasteiger partial charge in [-0.15, -0.1) is 0 Å². The Balaban J connectivity index is 4.29. The molecule has 0 saturated carbocycles. The molecule has 0 unspecified atom stereocenters. The molecule has 0 aromatic carbocycles. The van der Waals surface area contributed by atoms with Crippen LogP contribution in [0.4, 0.5) is 0 Å². The Hall–Kier alpha value is -1.59. The van der Waals surface area contributed by atoms with E-state index in [9.17, 15) is 14.4 Å². The van der Waals surface area contributed by atoms with Crippen molar-refractivity contribution in [3.8, 4) is 0 Å². The maximum absolute atomic E-state index is 12.8. The highest BCUT2D eigenvalue weighted by molar-refractivity contribution is 5.71. The van der Waals surface area contributed by atoms with E-state index >= 15 is 0 Å². The van der Waals surface area contributed by atoms with E-state index in [4.69, 9.17) is 14.2 Å². The number of carbonyl (C=O) groups excluding carboxylic acids is 3. The van der Waals surface area contributed by atoms with Crippen LogP contribution in [0.5, 0.6) is 0 Å². The van der Waals surface area contributed by atoms with Gasteiger partial charge in [-0.3, -0.25) is 14.4 Å². The summed E-state index contributed by atoms with van der Waals surface area (Å²) >= 11 is 0. The molecule has 0 spiro atoms. The molecule has 0 aliphatic heterocycles. The Morgan fingerprint density at radius 3 is 0.754 bits per heavy atom. The fourth-order valence-electron chi connectivity index (χ4n) is 7.59. The maximum atomic E-state index is 12.8. The molecule has 0 radical (unpaired) electrons. The lowest BCUT2D eigenvalue weighted by Crippen LogP contribution is -2.30. The summed E-state index contributed by atoms with van der Waals surface area (Å²) in [5, 5.41) is 0. The van der Waals surface area contributed by atoms with Crippen molar-refractivity contribution in [2.24, 2.45) is 17.8 Å². The molecule has 0 N–H and O–H groups in total. The van der Waals surface area contributed by atoms with Crippen molar-refractivity contribution in [3.05, 3.63) is 0 Å². The van der Waals surface area contributed by atoms with Crippen LogP contribution in [0.3, 0.4) is 0 Å². The second-order valence-electron chi connectivity index (χ2n) is 18.9. The third kappa shape index (κ3) is 45.3. The molecule has 0 heterocycles. The molecule has 0 amide bonds. The number of rotatable bonds is 44. The lowest BCUT2D eigenvalue weighted by Gasteiger charge is -2.18. The van der Waals surface area contributed by atoms with Gasteiger partial charge < -0.3 is 14.2 Å². The van der Waals surface area contributed by atoms with E-state index in [0.29, 0.717) is 19.3 Å². The summed E-state index contributed by atoms with van der Waals surface area (Å²) in [5.41, 5.74) is 0. The van der Waals surface area contributed by atoms with Crippen LogP contribution in [0.25, 0.3) is 0 Å². The van der Waals surface area contributed by atoms with E-state index in [1.54, 1.807) is 0 Å². The van der Waals surface area contributed by atoms with Gasteiger partial charge in [0.2, 0.25) is 0 Å². The van der Waals surface area contributed by atoms with Gasteiger partial charge in [-0.05, 0) is 37.0 Å². The summed E-state index contributed by atoms with van der Waals surface area (Å²) in [4.78, 5) is 37.8. The summed E-state index contributed by atoms with van der Waals surface area (Å²) in [7, 11) is 0. The Bertz CT molecular complexity index is 883. The highest BCUT2D eigenvalue weighted by Crippen LogP contribution is 2.17. The molecule has 6 nitrogen and oxygen atoms in total. The number of unbranched alkanes of at least 4 members (excludes halogenated alkanes) is 27. The molecule has 0 bridgehead atoms. The normalized spacial score (nSPS) is 12.2. The van der Waals surface area contributed by atoms with E-state index < -0.39 is 6.10 Å². The zero-order chi connectivity index (χ0) is 42.0. The molecule has 1 atom stereocenters. The van der Waals surface area contributed by atoms with Crippen LogP contribution in [0.1, 0.15) is 273 Å². The van der Waals surface area contributed by atoms with Gasteiger partial charge in [-0.25, -0.2) is 0 Å². The number of hydrogen-bond donors (Lipinski definition) is 0. The summed E-state index contributed by atoms with van der Waals surface area (Å²) in [5.74, 6) is 1.57. The van der Waals surface area contributed by atoms with E-state index in [1.165, 1.54) is 154 Å². The van der Waals surface area contributed by atoms with Gasteiger partial charge in [0.25, 0.3) is 0 Å². The van der Waals surface area contributed by atoms with Crippen molar-refractivity contribution in [2.75, 3.05) is 13.2 Å². The first kappa shape index (κ1) is 55.4. The second kappa shape index (κ2) is 42.5. The highest BCUT2D eigenvalue weighted by atomic mass is 16.6. The van der Waals surface area contributed by atoms with Crippen LogP contribution in [-0.4, -0.2) is 37.2 Å². The van der Waals surface area contributed by atoms with Gasteiger partial charge in [0.1, 0.15) is 13.2 Å². The lowest BCUT2D eigenvalue weighted by atomic mass is 10.0. The molecule has 338 valence electrons. The SMILES string of the molecule is CC(C)CCCCCCCCCCCCCCC(=O)OC[C@H](COC(=O)CCCCCCCCC(C)C)OC(=O)CCCCCCCCCCCCCCC(C)C. The van der Waals surface area contributed by atoms with E-state index in [2.05, 4.69) is 41.5 Å². The summed E-state index contributed by atoms with van der Waals surface area (Å²) in [6.45, 7) is 13.6. The van der Waals surface area contributed by atoms with E-state index in [-0.39, 0.29) is 31.1 Å². The highest BCUT2D eigenvalue weighted by Gasteiger charge is 2.19. The topological polar surface area (TPSA) is 78.9 Å². The average Bonchev–Trinajstić information content (AvgIpc) is 3.16. The molecule has 0 aliphatic rings. The van der Waals surface area contributed by atoms with Crippen molar-refractivity contribution in [1.82, 2.24) is 0 Å². The predicted molar refractivity (Wildman–Crippen MR) is 243 cm³/mol. The standard InChI is InChI=1S/C51H98O6/c1-45(2)37-31-25-19-15-11-7-9-13-17-21-28-34-40-49(52)55-43-48(44-56-50(53)41-35-29-24-23-27-33-39-47(5)6)57-51(54)42-36-30-22-18-14-10-8-12-16-20-26-32-38-46(3)4/h45-48H,7-44H2,1-6H3/t48-/m1/s1. The first-order chi connectivity index (χ1) is 27.6. The Kier molecular flexibility index (Phi) is 41.3. The monoisotopic (exact) mass is 807 g/mol. The molecule has 6 heteroatoms. The largest absolute Gasteiger partial charge is 0.462 e. The lowest BCUT2D eigenvalue weighted by molar-refractivity contribution is -0.167. The van der Waals surface area contributed by atoms with Gasteiger partial charge in [0.05, 0.1) is 0 Å². The van der Waals surface area contributed by atoms with Crippen molar-refractivity contribution in [2.45, 2.75) is 279 Å². The van der Waals surface area contributed by atoms with Gasteiger partial charge in [0, 0.05) is 19.3 Å². The molecule has 0 aliphatic carbocycles. The van der Waals surface area contributed by atoms with Crippen molar-refractivity contribution >= 4 is 17.9 Å². The zero-order valence-corrected chi connectivity index (χ0v) is 39.1. The minimum absolute atomic E-state index is 0.0656. The molecular weight excluding hydrogens is 709 g/mol. The van der Waals surface area contributed by atoms with Gasteiger partial charge >= 0.3 is 17.9 Å². The maximum Gasteiger partial charge on any atom is 0.306 e. The third-order valence-corrected chi connectivity index (χ3v) is 11.4. The molecular formula is C51H98O6. The van der Waals surface area contributed by atoms with Crippen molar-refractivity contribution in [3.63, 3.8) is 0 Å². The Labute approximate surface area is 355 Å². The fraction of sp³-hybridized carbons (Fsp3) is 0.941. The van der Waals surface area contributed by atoms with Crippen LogP contribution in [-0.2, 0) is 28.6 Å². The van der Waals surface area contributed by atoms with Gasteiger partial charge in [-0.1, -0.05) is 234 Å². The number of hydrogen-bond acceptors (Lipinski definition) is 6. The summed E-state index contributed by atoms with van der Waals surface area (Å²) < 4.78 is 16.8. The van der Waals surface area contributed by atoms with Crippen LogP contribution >= 0.6 is 0 Å². The Morgan fingerprint density at radius 1 is 0.298 bits per heavy atom. The number of ether oxygens (including phenoxy) is 3. The first-order valence-electron chi connectivity index (χ1n) is 25.1. The Morgan fingerprint density at radius 2 is 0.509 bits per heavy atom. The van der Waals surface area contributed by atoms with Crippen molar-refractivity contribution < 1.29 is 28.6 Å². The van der Waals surface area contributed by atoms with Crippen LogP contribution in [0, 0.1) is 17.8 Å². The summed E-state index contributed by atoms with van der Waals surface area (Å²) in [6.07, 6.45) is 41.0. The molecule has 0 rings (SSSR count). The van der Waals surface area contributed by atoms with Gasteiger partial charge in [-0.2, -0.15) is 0 Å². The predicted octanol–water partition coefficient (Wildman–Crippen LogP) is 16.0. The van der Waals surface area contributed by atoms with E-state index in [1.807, 2.05) is 0 Å². The van der Waals surface area contributed by atoms with Gasteiger partial charge in [0.15, 0.2) is 6.10 Å². The summed E-state index contributed by atoms with van der Waals surface area (Å²) in [6, 6.07) is 0. The van der Waals surface area contributed by atoms with Crippen LogP contribution in [0.15, 0.2) is 0 Å². The zero-order valence-electron chi connectivity index (χ0n) is 39.1. The average molecular weight is 807 g/mol. The van der Waals surface area contributed by atoms with Crippen LogP contribution < -0.4 is 0 Å². The van der Waals surface area contributed by atoms with E-state index in [0.717, 1.165) is 75.5 Å². The number of carbonyl (C=O) groups is 3. The van der Waals surface area contributed by atoms with Crippen molar-refractivity contribution in [1.29, 1.82) is 0 Å². The minimum Gasteiger partial charge on any atom is -0.462 e. The quantitative estimate of drug-likeness (QED) is 0.0347. The first-order valence-corrected chi connectivity index (χ1v) is 25.1. The minimum atomic E-state index is -0.762. The second-order valence-corrected chi connectivity index (χ2v) is 18.9. The number of esters is 3. The van der Waals surface area contributed by atoms with Crippen LogP contribution in [0.2, 0.25) is 0 Å². The molecule has 0 fully saturated rings. The third-order valence-electron chi connectivity index (χ3n) is 11.4. The fourth-order valence-corrected chi connectivity index (χ4v) is 7.59.